The highest BCUT2D eigenvalue weighted by Gasteiger charge is 2.14. The minimum Gasteiger partial charge on any atom is -0.492 e. The van der Waals surface area contributed by atoms with Crippen LogP contribution < -0.4 is 10.1 Å². The van der Waals surface area contributed by atoms with E-state index in [1.807, 2.05) is 18.2 Å². The summed E-state index contributed by atoms with van der Waals surface area (Å²) in [6, 6.07) is 8.80. The van der Waals surface area contributed by atoms with E-state index < -0.39 is 0 Å². The number of rotatable bonds is 5. The Morgan fingerprint density at radius 1 is 1.35 bits per heavy atom. The standard InChI is InChI=1S/C14H21IN2O.2ClH/c1-12-11-17(9-7-16-12)8-4-10-18-14-6-3-2-5-13(14)15;;/h2-3,5-6,12,16H,4,7-11H2,1H3;2*1H/t12-;;/m1../s1. The van der Waals surface area contributed by atoms with Gasteiger partial charge in [-0.2, -0.15) is 0 Å². The van der Waals surface area contributed by atoms with Gasteiger partial charge >= 0.3 is 0 Å². The van der Waals surface area contributed by atoms with Gasteiger partial charge < -0.3 is 15.0 Å². The summed E-state index contributed by atoms with van der Waals surface area (Å²) < 4.78 is 6.99. The van der Waals surface area contributed by atoms with Gasteiger partial charge in [0.25, 0.3) is 0 Å². The van der Waals surface area contributed by atoms with Crippen LogP contribution in [-0.2, 0) is 0 Å². The van der Waals surface area contributed by atoms with Gasteiger partial charge in [0.05, 0.1) is 10.2 Å². The molecular formula is C14H23Cl2IN2O. The molecule has 6 heteroatoms. The maximum absolute atomic E-state index is 5.80. The molecule has 1 heterocycles. The number of nitrogens with zero attached hydrogens (tertiary/aromatic N) is 1. The van der Waals surface area contributed by atoms with Crippen LogP contribution in [0.3, 0.4) is 0 Å². The second-order valence-electron chi connectivity index (χ2n) is 4.79. The number of piperazine rings is 1. The van der Waals surface area contributed by atoms with Crippen LogP contribution >= 0.6 is 47.4 Å². The molecule has 0 bridgehead atoms. The van der Waals surface area contributed by atoms with Crippen molar-refractivity contribution in [2.75, 3.05) is 32.8 Å². The lowest BCUT2D eigenvalue weighted by molar-refractivity contribution is 0.189. The van der Waals surface area contributed by atoms with Crippen molar-refractivity contribution in [1.82, 2.24) is 10.2 Å². The van der Waals surface area contributed by atoms with Crippen LogP contribution in [0.15, 0.2) is 24.3 Å². The highest BCUT2D eigenvalue weighted by Crippen LogP contribution is 2.19. The molecule has 1 atom stereocenters. The van der Waals surface area contributed by atoms with E-state index in [4.69, 9.17) is 4.74 Å². The number of hydrogen-bond acceptors (Lipinski definition) is 3. The lowest BCUT2D eigenvalue weighted by Gasteiger charge is -2.31. The monoisotopic (exact) mass is 432 g/mol. The van der Waals surface area contributed by atoms with Gasteiger partial charge in [0.2, 0.25) is 0 Å². The second kappa shape index (κ2) is 10.9. The van der Waals surface area contributed by atoms with Gasteiger partial charge in [0.1, 0.15) is 5.75 Å². The first kappa shape index (κ1) is 20.2. The number of ether oxygens (including phenoxy) is 1. The molecule has 0 aliphatic carbocycles. The van der Waals surface area contributed by atoms with Crippen molar-refractivity contribution in [2.24, 2.45) is 0 Å². The van der Waals surface area contributed by atoms with Crippen LogP contribution in [0.5, 0.6) is 5.75 Å². The second-order valence-corrected chi connectivity index (χ2v) is 5.95. The molecule has 0 unspecified atom stereocenters. The fourth-order valence-corrected chi connectivity index (χ4v) is 2.79. The molecule has 0 saturated carbocycles. The third-order valence-electron chi connectivity index (χ3n) is 3.17. The lowest BCUT2D eigenvalue weighted by atomic mass is 10.2. The van der Waals surface area contributed by atoms with Gasteiger partial charge in [-0.3, -0.25) is 0 Å². The predicted molar refractivity (Wildman–Crippen MR) is 97.7 cm³/mol. The van der Waals surface area contributed by atoms with E-state index in [0.717, 1.165) is 45.0 Å². The Bertz CT molecular complexity index is 382. The molecule has 20 heavy (non-hydrogen) atoms. The lowest BCUT2D eigenvalue weighted by Crippen LogP contribution is -2.49. The van der Waals surface area contributed by atoms with Crippen molar-refractivity contribution >= 4 is 47.4 Å². The third-order valence-corrected chi connectivity index (χ3v) is 4.06. The molecule has 116 valence electrons. The van der Waals surface area contributed by atoms with Gasteiger partial charge in [-0.1, -0.05) is 12.1 Å². The van der Waals surface area contributed by atoms with Crippen molar-refractivity contribution in [3.05, 3.63) is 27.8 Å². The third kappa shape index (κ3) is 6.80. The first-order chi connectivity index (χ1) is 8.75. The molecule has 1 aliphatic heterocycles. The van der Waals surface area contributed by atoms with Crippen molar-refractivity contribution in [3.8, 4) is 5.75 Å². The Kier molecular flexibility index (Phi) is 11.0. The number of nitrogens with one attached hydrogen (secondary N) is 1. The molecular weight excluding hydrogens is 410 g/mol. The summed E-state index contributed by atoms with van der Waals surface area (Å²) in [7, 11) is 0. The summed E-state index contributed by atoms with van der Waals surface area (Å²) in [5.41, 5.74) is 0. The number of benzene rings is 1. The van der Waals surface area contributed by atoms with E-state index in [9.17, 15) is 0 Å². The summed E-state index contributed by atoms with van der Waals surface area (Å²) in [5.74, 6) is 1.01. The summed E-state index contributed by atoms with van der Waals surface area (Å²) in [4.78, 5) is 2.51. The van der Waals surface area contributed by atoms with Crippen LogP contribution in [0.1, 0.15) is 13.3 Å². The Balaban J connectivity index is 0.00000180. The minimum atomic E-state index is 0. The molecule has 0 amide bonds. The van der Waals surface area contributed by atoms with Gasteiger partial charge in [-0.05, 0) is 48.1 Å². The molecule has 3 nitrogen and oxygen atoms in total. The number of hydrogen-bond donors (Lipinski definition) is 1. The highest BCUT2D eigenvalue weighted by molar-refractivity contribution is 14.1. The molecule has 1 aromatic rings. The maximum atomic E-state index is 5.80. The van der Waals surface area contributed by atoms with Crippen LogP contribution in [0.2, 0.25) is 0 Å². The average Bonchev–Trinajstić information content (AvgIpc) is 2.37. The molecule has 0 aromatic heterocycles. The van der Waals surface area contributed by atoms with E-state index in [-0.39, 0.29) is 24.8 Å². The number of para-hydroxylation sites is 1. The quantitative estimate of drug-likeness (QED) is 0.571. The Morgan fingerprint density at radius 3 is 2.80 bits per heavy atom. The molecule has 2 rings (SSSR count). The van der Waals surface area contributed by atoms with E-state index in [1.54, 1.807) is 0 Å². The topological polar surface area (TPSA) is 24.5 Å². The van der Waals surface area contributed by atoms with E-state index >= 15 is 0 Å². The zero-order valence-electron chi connectivity index (χ0n) is 11.7. The SMILES string of the molecule is C[C@@H]1CN(CCCOc2ccccc2I)CCN1.Cl.Cl. The van der Waals surface area contributed by atoms with Crippen molar-refractivity contribution in [2.45, 2.75) is 19.4 Å². The highest BCUT2D eigenvalue weighted by atomic mass is 127. The average molecular weight is 433 g/mol. The first-order valence-electron chi connectivity index (χ1n) is 6.59. The summed E-state index contributed by atoms with van der Waals surface area (Å²) in [6.45, 7) is 7.61. The van der Waals surface area contributed by atoms with Crippen LogP contribution in [0, 0.1) is 3.57 Å². The van der Waals surface area contributed by atoms with Gasteiger partial charge in [0.15, 0.2) is 0 Å². The van der Waals surface area contributed by atoms with Gasteiger partial charge in [-0.15, -0.1) is 24.8 Å². The molecule has 1 aliphatic rings. The minimum absolute atomic E-state index is 0. The van der Waals surface area contributed by atoms with Crippen molar-refractivity contribution in [1.29, 1.82) is 0 Å². The molecule has 1 N–H and O–H groups in total. The number of halogens is 3. The molecule has 1 fully saturated rings. The van der Waals surface area contributed by atoms with Crippen molar-refractivity contribution < 1.29 is 4.74 Å². The molecule has 0 radical (unpaired) electrons. The zero-order chi connectivity index (χ0) is 12.8. The summed E-state index contributed by atoms with van der Waals surface area (Å²) in [6.07, 6.45) is 1.09. The fraction of sp³-hybridized carbons (Fsp3) is 0.571. The molecule has 1 aromatic carbocycles. The smallest absolute Gasteiger partial charge is 0.132 e. The van der Waals surface area contributed by atoms with E-state index in [2.05, 4.69) is 45.8 Å². The fourth-order valence-electron chi connectivity index (χ4n) is 2.25. The summed E-state index contributed by atoms with van der Waals surface area (Å²) >= 11 is 2.31. The van der Waals surface area contributed by atoms with Crippen LogP contribution in [0.25, 0.3) is 0 Å². The van der Waals surface area contributed by atoms with E-state index in [1.165, 1.54) is 3.57 Å². The van der Waals surface area contributed by atoms with Crippen LogP contribution in [-0.4, -0.2) is 43.7 Å². The van der Waals surface area contributed by atoms with Gasteiger partial charge in [-0.25, -0.2) is 0 Å². The normalized spacial score (nSPS) is 18.8. The van der Waals surface area contributed by atoms with E-state index in [0.29, 0.717) is 6.04 Å². The Morgan fingerprint density at radius 2 is 2.10 bits per heavy atom. The Hall–Kier alpha value is 0.250. The largest absolute Gasteiger partial charge is 0.492 e. The van der Waals surface area contributed by atoms with Crippen LogP contribution in [0.4, 0.5) is 0 Å². The molecule has 1 saturated heterocycles. The molecule has 0 spiro atoms. The zero-order valence-corrected chi connectivity index (χ0v) is 15.5. The first-order valence-corrected chi connectivity index (χ1v) is 7.66. The maximum Gasteiger partial charge on any atom is 0.132 e. The predicted octanol–water partition coefficient (Wildman–Crippen LogP) is 3.20. The van der Waals surface area contributed by atoms with Crippen molar-refractivity contribution in [3.63, 3.8) is 0 Å². The van der Waals surface area contributed by atoms with Gasteiger partial charge in [0, 0.05) is 32.2 Å². The summed E-state index contributed by atoms with van der Waals surface area (Å²) in [5, 5.41) is 3.46. The Labute approximate surface area is 147 Å².